The van der Waals surface area contributed by atoms with Crippen LogP contribution in [0.1, 0.15) is 137 Å². The van der Waals surface area contributed by atoms with Crippen molar-refractivity contribution in [3.8, 4) is 40.2 Å². The van der Waals surface area contributed by atoms with Gasteiger partial charge in [0.05, 0.1) is 109 Å². The van der Waals surface area contributed by atoms with Gasteiger partial charge in [0.25, 0.3) is 17.7 Å². The van der Waals surface area contributed by atoms with E-state index in [9.17, 15) is 74.2 Å². The van der Waals surface area contributed by atoms with Gasteiger partial charge in [-0.25, -0.2) is 18.1 Å². The van der Waals surface area contributed by atoms with Crippen LogP contribution in [0.5, 0.6) is 40.2 Å². The van der Waals surface area contributed by atoms with E-state index in [1.165, 1.54) is 108 Å². The number of aliphatic hydroxyl groups excluding tert-OH is 4. The minimum atomic E-state index is -5.11. The van der Waals surface area contributed by atoms with E-state index >= 15 is 0 Å². The first kappa shape index (κ1) is 96.1. The van der Waals surface area contributed by atoms with Gasteiger partial charge >= 0.3 is 20.5 Å². The van der Waals surface area contributed by atoms with Crippen molar-refractivity contribution >= 4 is 93.0 Å². The zero-order valence-corrected chi connectivity index (χ0v) is 77.4. The van der Waals surface area contributed by atoms with Crippen molar-refractivity contribution in [3.05, 3.63) is 250 Å². The Bertz CT molecular complexity index is 6320. The Balaban J connectivity index is 0.555. The number of sulfone groups is 1. The molecule has 3 aromatic heterocycles. The number of hydrogen-bond donors (Lipinski definition) is 6. The minimum absolute atomic E-state index is 0.0231. The Labute approximate surface area is 775 Å². The van der Waals surface area contributed by atoms with Crippen LogP contribution in [0.2, 0.25) is 0 Å². The summed E-state index contributed by atoms with van der Waals surface area (Å²) in [5.41, 5.74) is 8.35. The quantitative estimate of drug-likeness (QED) is 0.00899. The smallest absolute Gasteiger partial charge is 0.493 e. The maximum absolute atomic E-state index is 14.5. The predicted octanol–water partition coefficient (Wildman–Crippen LogP) is 9.24. The Kier molecular flexibility index (Phi) is 30.4. The number of Topliss-reactive ketones (excluding diaryl/α,β-unsaturated/α-hetero) is 2. The van der Waals surface area contributed by atoms with E-state index in [-0.39, 0.29) is 166 Å². The molecule has 35 nitrogen and oxygen atoms in total. The number of methoxy groups -OCH3 is 2. The molecule has 7 atom stereocenters. The van der Waals surface area contributed by atoms with Gasteiger partial charge in [0, 0.05) is 107 Å². The molecule has 7 aromatic carbocycles. The van der Waals surface area contributed by atoms with E-state index < -0.39 is 102 Å². The first-order valence-electron chi connectivity index (χ1n) is 42.9. The third kappa shape index (κ3) is 23.7. The van der Waals surface area contributed by atoms with Crippen LogP contribution in [0.3, 0.4) is 0 Å². The molecule has 5 aliphatic rings. The summed E-state index contributed by atoms with van der Waals surface area (Å²) in [4.78, 5) is 78.3. The van der Waals surface area contributed by atoms with E-state index in [4.69, 9.17) is 51.0 Å². The van der Waals surface area contributed by atoms with Crippen LogP contribution in [0.25, 0.3) is 0 Å². The van der Waals surface area contributed by atoms with Gasteiger partial charge in [0.2, 0.25) is 6.29 Å². The van der Waals surface area contributed by atoms with E-state index in [0.29, 0.717) is 76.5 Å². The Morgan fingerprint density at radius 2 is 1.23 bits per heavy atom. The van der Waals surface area contributed by atoms with Crippen molar-refractivity contribution in [3.63, 3.8) is 0 Å². The molecule has 8 heterocycles. The SMILES string of the molecule is COc1cc2c(cc1OCc1cc(COc3cc4c(cc3OC)C(=O)N3Cc5ccsc5CC3C(S(=O)(=O)O)=N4)cc(C[N+](C)(C)Cc3ccc(OS(=O)(=O)Oc4cc(C(=O)CCCOCCn5cc(COCCOCCNC(=O)c6ccc(C(=O)CCS(=O)(=O)c7ccc(C)cc7)cc6)nn5)ccc4OC4O[C@H](CO)[C@H](O)[C@H](O)[C@H]4O)cc3)c1)CCC1Cc3sccc3CN1C2=O. The monoisotopic (exact) mass is 1920 g/mol. The third-order valence-electron chi connectivity index (χ3n) is 23.3. The summed E-state index contributed by atoms with van der Waals surface area (Å²) in [5, 5.41) is 56.4. The number of carbonyl (C=O) groups excluding carboxylic acids is 5. The molecule has 0 bridgehead atoms. The summed E-state index contributed by atoms with van der Waals surface area (Å²) < 4.78 is 157. The fourth-order valence-electron chi connectivity index (χ4n) is 16.5. The molecule has 0 aliphatic carbocycles. The van der Waals surface area contributed by atoms with E-state index in [2.05, 4.69) is 32.1 Å². The molecule has 15 rings (SSSR count). The Hall–Kier alpha value is -11.5. The summed E-state index contributed by atoms with van der Waals surface area (Å²) in [5.74, 6) is -2.26. The van der Waals surface area contributed by atoms with Gasteiger partial charge in [-0.15, -0.1) is 36.2 Å². The number of aryl methyl sites for hydroxylation is 2. The Morgan fingerprint density at radius 3 is 1.93 bits per heavy atom. The molecule has 1 saturated heterocycles. The number of aliphatic imine (C=N–C) groups is 1. The summed E-state index contributed by atoms with van der Waals surface area (Å²) in [6, 6.07) is 37.4. The van der Waals surface area contributed by atoms with Gasteiger partial charge in [-0.1, -0.05) is 35.0 Å². The second-order valence-electron chi connectivity index (χ2n) is 33.4. The largest absolute Gasteiger partial charge is 0.501 e. The fourth-order valence-corrected chi connectivity index (χ4v) is 21.1. The highest BCUT2D eigenvalue weighted by atomic mass is 32.3. The van der Waals surface area contributed by atoms with E-state index in [1.54, 1.807) is 52.5 Å². The van der Waals surface area contributed by atoms with Crippen LogP contribution in [0.15, 0.2) is 172 Å². The van der Waals surface area contributed by atoms with Crippen molar-refractivity contribution in [2.45, 2.75) is 152 Å². The number of carbonyl (C=O) groups is 5. The molecular formula is C93H101N8O27S5+. The van der Waals surface area contributed by atoms with Crippen LogP contribution >= 0.6 is 22.7 Å². The number of ether oxygens (including phenoxy) is 9. The molecule has 10 aromatic rings. The van der Waals surface area contributed by atoms with Crippen LogP contribution in [-0.4, -0.2) is 237 Å². The highest BCUT2D eigenvalue weighted by Gasteiger charge is 2.47. The lowest BCUT2D eigenvalue weighted by Crippen LogP contribution is -2.60. The number of aromatic nitrogens is 3. The van der Waals surface area contributed by atoms with Crippen LogP contribution in [0.4, 0.5) is 5.69 Å². The molecule has 6 N–H and O–H groups in total. The van der Waals surface area contributed by atoms with Crippen molar-refractivity contribution in [1.82, 2.24) is 30.1 Å². The molecule has 5 aliphatic heterocycles. The van der Waals surface area contributed by atoms with Crippen molar-refractivity contribution in [2.75, 3.05) is 80.3 Å². The minimum Gasteiger partial charge on any atom is -0.493 e. The van der Waals surface area contributed by atoms with E-state index in [0.717, 1.165) is 57.2 Å². The Morgan fingerprint density at radius 1 is 0.602 bits per heavy atom. The lowest BCUT2D eigenvalue weighted by atomic mass is 9.98. The van der Waals surface area contributed by atoms with Crippen molar-refractivity contribution in [1.29, 1.82) is 0 Å². The number of aliphatic hydroxyl groups is 4. The maximum Gasteiger partial charge on any atom is 0.501 e. The first-order chi connectivity index (χ1) is 63.7. The number of rotatable bonds is 41. The number of hydrogen-bond acceptors (Lipinski definition) is 31. The molecule has 3 unspecified atom stereocenters. The second-order valence-corrected chi connectivity index (χ2v) is 40.1. The van der Waals surface area contributed by atoms with Crippen molar-refractivity contribution < 1.29 is 130 Å². The average Bonchev–Trinajstić information content (AvgIpc) is 1.60. The number of ketones is 2. The number of nitrogens with one attached hydrogen (secondary N) is 1. The van der Waals surface area contributed by atoms with E-state index in [1.807, 2.05) is 61.6 Å². The number of nitrogens with zero attached hydrogens (tertiary/aromatic N) is 7. The molecule has 0 spiro atoms. The molecule has 704 valence electrons. The summed E-state index contributed by atoms with van der Waals surface area (Å²) in [7, 11) is -6.78. The lowest BCUT2D eigenvalue weighted by molar-refractivity contribution is -0.916. The van der Waals surface area contributed by atoms with Crippen LogP contribution < -0.4 is 37.4 Å². The van der Waals surface area contributed by atoms with Gasteiger partial charge in [-0.3, -0.25) is 28.5 Å². The number of quaternary nitrogens is 1. The van der Waals surface area contributed by atoms with Gasteiger partial charge < -0.3 is 91.0 Å². The van der Waals surface area contributed by atoms with Gasteiger partial charge in [0.1, 0.15) is 62.2 Å². The fraction of sp³-hybridized carbons (Fsp3) is 0.376. The summed E-state index contributed by atoms with van der Waals surface area (Å²) in [6.45, 7) is 3.90. The standard InChI is InChI=1S/C93H100N8O27S5/c1-56-8-21-70(22-9-56)131(111,112)36-26-76(104)61-12-14-62(15-13-61)89(108)94-27-30-121-32-33-122-55-67-49-98(97-96-67)28-31-120-29-6-7-75(103)64-17-23-77(125-93-88(107)87(106)86(105)83(52-102)126-93)82(41-64)128-133(116,117)127-69-19-10-57(11-20-69)50-101(2,3)51-58-37-59(53-123-80-40-63-16-18-68-42-84-65(24-34-129-84)47-99(68)91(109)71(63)43-78(80)118-4)39-60(38-58)54-124-81-45-73-72(44-79(81)119-5)92(110)100-48-66-25-35-130-85(66)46-74(100)90(95-73)132(113,114)115/h8-15,17,19-25,34-35,37-41,43-45,49,68,74,83,86-88,93,102,105-107H,6-7,16,18,26-33,36,42,46-48,50-55H2,1-5H3,(H-,94,108,113,114,115)/p+1/t68?,74?,83-,86+,87+,88-,93?/m1/s1. The van der Waals surface area contributed by atoms with Gasteiger partial charge in [-0.05, 0) is 180 Å². The highest BCUT2D eigenvalue weighted by molar-refractivity contribution is 8.01. The van der Waals surface area contributed by atoms with Gasteiger partial charge in [-0.2, -0.15) is 8.42 Å². The highest BCUT2D eigenvalue weighted by Crippen LogP contribution is 2.44. The van der Waals surface area contributed by atoms with Crippen LogP contribution in [0, 0.1) is 6.92 Å². The summed E-state index contributed by atoms with van der Waals surface area (Å²) >= 11 is 3.13. The molecule has 0 radical (unpaired) electrons. The predicted molar refractivity (Wildman–Crippen MR) is 484 cm³/mol. The zero-order valence-electron chi connectivity index (χ0n) is 73.3. The average molecular weight is 1920 g/mol. The van der Waals surface area contributed by atoms with Crippen LogP contribution in [-0.2, 0) is 121 Å². The third-order valence-corrected chi connectivity index (χ3v) is 28.7. The zero-order chi connectivity index (χ0) is 94.0. The molecule has 0 saturated carbocycles. The maximum atomic E-state index is 14.5. The number of thiophene rings is 2. The lowest BCUT2D eigenvalue weighted by Gasteiger charge is -2.39. The van der Waals surface area contributed by atoms with Gasteiger partial charge in [0.15, 0.2) is 60.9 Å². The number of amides is 3. The molecule has 40 heteroatoms. The number of fused-ring (bicyclic) bond motifs is 6. The van der Waals surface area contributed by atoms with Crippen molar-refractivity contribution in [2.24, 2.45) is 4.99 Å². The molecular weight excluding hydrogens is 1820 g/mol. The normalized spacial score (nSPS) is 18.3. The topological polar surface area (TPSA) is 452 Å². The summed E-state index contributed by atoms with van der Waals surface area (Å²) in [6.07, 6.45) is -4.85. The first-order valence-corrected chi connectivity index (χ1v) is 49.0. The molecule has 3 amide bonds. The molecule has 133 heavy (non-hydrogen) atoms. The second kappa shape index (κ2) is 42.0. The molecule has 1 fully saturated rings. The number of benzene rings is 7.